The molecule has 0 aliphatic heterocycles. The minimum absolute atomic E-state index is 0.0129. The number of benzene rings is 1. The number of nitro groups is 1. The maximum Gasteiger partial charge on any atom is 0.407 e. The highest BCUT2D eigenvalue weighted by atomic mass is 16.6. The summed E-state index contributed by atoms with van der Waals surface area (Å²) >= 11 is 0. The first-order valence-electron chi connectivity index (χ1n) is 6.35. The third kappa shape index (κ3) is 6.90. The summed E-state index contributed by atoms with van der Waals surface area (Å²) < 4.78 is 4.92. The predicted octanol–water partition coefficient (Wildman–Crippen LogP) is 2.08. The SMILES string of the molecule is O=C(O)CCCCNC(=O)OCc1ccc([N+](=O)[O-])cc1. The van der Waals surface area contributed by atoms with Crippen molar-refractivity contribution < 1.29 is 24.4 Å². The van der Waals surface area contributed by atoms with E-state index in [9.17, 15) is 19.7 Å². The molecule has 0 aromatic heterocycles. The van der Waals surface area contributed by atoms with Gasteiger partial charge in [-0.15, -0.1) is 0 Å². The molecule has 1 amide bonds. The summed E-state index contributed by atoms with van der Waals surface area (Å²) in [6.45, 7) is 0.353. The predicted molar refractivity (Wildman–Crippen MR) is 72.8 cm³/mol. The normalized spacial score (nSPS) is 9.90. The average Bonchev–Trinajstić information content (AvgIpc) is 2.44. The van der Waals surface area contributed by atoms with Gasteiger partial charge in [0.15, 0.2) is 0 Å². The van der Waals surface area contributed by atoms with Gasteiger partial charge in [-0.05, 0) is 30.5 Å². The quantitative estimate of drug-likeness (QED) is 0.430. The fraction of sp³-hybridized carbons (Fsp3) is 0.385. The van der Waals surface area contributed by atoms with Gasteiger partial charge in [0, 0.05) is 25.1 Å². The van der Waals surface area contributed by atoms with Crippen molar-refractivity contribution in [2.75, 3.05) is 6.54 Å². The van der Waals surface area contributed by atoms with Crippen molar-refractivity contribution in [3.63, 3.8) is 0 Å². The largest absolute Gasteiger partial charge is 0.481 e. The number of carboxylic acids is 1. The van der Waals surface area contributed by atoms with Crippen molar-refractivity contribution in [1.29, 1.82) is 0 Å². The molecule has 0 atom stereocenters. The second-order valence-electron chi connectivity index (χ2n) is 4.28. The lowest BCUT2D eigenvalue weighted by atomic mass is 10.2. The Balaban J connectivity index is 2.20. The van der Waals surface area contributed by atoms with Gasteiger partial charge in [-0.25, -0.2) is 4.79 Å². The molecule has 0 saturated heterocycles. The fourth-order valence-electron chi connectivity index (χ4n) is 1.51. The van der Waals surface area contributed by atoms with Crippen LogP contribution in [-0.2, 0) is 16.1 Å². The topological polar surface area (TPSA) is 119 Å². The summed E-state index contributed by atoms with van der Waals surface area (Å²) in [7, 11) is 0. The van der Waals surface area contributed by atoms with Crippen LogP contribution in [-0.4, -0.2) is 28.6 Å². The standard InChI is InChI=1S/C13H16N2O6/c16-12(17)3-1-2-8-14-13(18)21-9-10-4-6-11(7-5-10)15(19)20/h4-7H,1-3,8-9H2,(H,14,18)(H,16,17). The van der Waals surface area contributed by atoms with Crippen molar-refractivity contribution in [3.05, 3.63) is 39.9 Å². The number of nitro benzene ring substituents is 1. The molecule has 0 unspecified atom stereocenters. The number of ether oxygens (including phenoxy) is 1. The number of non-ortho nitro benzene ring substituents is 1. The van der Waals surface area contributed by atoms with Gasteiger partial charge < -0.3 is 15.2 Å². The Labute approximate surface area is 120 Å². The number of carbonyl (C=O) groups is 2. The number of amides is 1. The number of hydrogen-bond donors (Lipinski definition) is 2. The highest BCUT2D eigenvalue weighted by molar-refractivity contribution is 5.67. The molecule has 0 radical (unpaired) electrons. The van der Waals surface area contributed by atoms with Gasteiger partial charge in [-0.2, -0.15) is 0 Å². The molecule has 0 fully saturated rings. The zero-order valence-corrected chi connectivity index (χ0v) is 11.3. The molecule has 1 aromatic rings. The summed E-state index contributed by atoms with van der Waals surface area (Å²) in [6, 6.07) is 5.70. The molecule has 0 spiro atoms. The van der Waals surface area contributed by atoms with E-state index in [0.717, 1.165) is 0 Å². The molecule has 0 saturated carbocycles. The Morgan fingerprint density at radius 3 is 2.48 bits per heavy atom. The van der Waals surface area contributed by atoms with Gasteiger partial charge in [0.2, 0.25) is 0 Å². The lowest BCUT2D eigenvalue weighted by Gasteiger charge is -2.06. The van der Waals surface area contributed by atoms with E-state index >= 15 is 0 Å². The first-order chi connectivity index (χ1) is 9.99. The van der Waals surface area contributed by atoms with E-state index in [1.54, 1.807) is 0 Å². The van der Waals surface area contributed by atoms with Crippen LogP contribution in [0.5, 0.6) is 0 Å². The van der Waals surface area contributed by atoms with Crippen molar-refractivity contribution in [1.82, 2.24) is 5.32 Å². The van der Waals surface area contributed by atoms with Crippen LogP contribution in [0.1, 0.15) is 24.8 Å². The maximum absolute atomic E-state index is 11.3. The van der Waals surface area contributed by atoms with Crippen LogP contribution in [0.25, 0.3) is 0 Å². The zero-order valence-electron chi connectivity index (χ0n) is 11.3. The van der Waals surface area contributed by atoms with Crippen molar-refractivity contribution in [2.45, 2.75) is 25.9 Å². The lowest BCUT2D eigenvalue weighted by Crippen LogP contribution is -2.25. The molecule has 2 N–H and O–H groups in total. The number of aliphatic carboxylic acids is 1. The molecule has 1 rings (SSSR count). The number of nitrogens with zero attached hydrogens (tertiary/aromatic N) is 1. The van der Waals surface area contributed by atoms with Crippen LogP contribution in [0, 0.1) is 10.1 Å². The summed E-state index contributed by atoms with van der Waals surface area (Å²) in [4.78, 5) is 31.6. The molecule has 0 aliphatic carbocycles. The summed E-state index contributed by atoms with van der Waals surface area (Å²) in [5.74, 6) is -0.865. The Bertz CT molecular complexity index is 500. The van der Waals surface area contributed by atoms with E-state index in [1.807, 2.05) is 0 Å². The van der Waals surface area contributed by atoms with Gasteiger partial charge in [-0.1, -0.05) is 0 Å². The van der Waals surface area contributed by atoms with Crippen LogP contribution in [0.15, 0.2) is 24.3 Å². The van der Waals surface area contributed by atoms with E-state index in [2.05, 4.69) is 5.32 Å². The molecule has 0 bridgehead atoms. The second-order valence-corrected chi connectivity index (χ2v) is 4.28. The third-order valence-corrected chi connectivity index (χ3v) is 2.60. The van der Waals surface area contributed by atoms with Crippen molar-refractivity contribution >= 4 is 17.7 Å². The zero-order chi connectivity index (χ0) is 15.7. The molecule has 0 aliphatic rings. The molecule has 114 valence electrons. The molecular formula is C13H16N2O6. The third-order valence-electron chi connectivity index (χ3n) is 2.60. The summed E-state index contributed by atoms with van der Waals surface area (Å²) in [6.07, 6.45) is 0.500. The van der Waals surface area contributed by atoms with Crippen molar-refractivity contribution in [2.24, 2.45) is 0 Å². The number of unbranched alkanes of at least 4 members (excludes halogenated alkanes) is 1. The van der Waals surface area contributed by atoms with Crippen molar-refractivity contribution in [3.8, 4) is 0 Å². The van der Waals surface area contributed by atoms with Crippen LogP contribution < -0.4 is 5.32 Å². The maximum atomic E-state index is 11.3. The first kappa shape index (κ1) is 16.4. The number of rotatable bonds is 8. The average molecular weight is 296 g/mol. The highest BCUT2D eigenvalue weighted by Gasteiger charge is 2.06. The second kappa shape index (κ2) is 8.51. The van der Waals surface area contributed by atoms with E-state index in [-0.39, 0.29) is 18.7 Å². The molecule has 21 heavy (non-hydrogen) atoms. The smallest absolute Gasteiger partial charge is 0.407 e. The number of carbonyl (C=O) groups excluding carboxylic acids is 1. The molecule has 0 heterocycles. The summed E-state index contributed by atoms with van der Waals surface area (Å²) in [5, 5.41) is 21.4. The van der Waals surface area contributed by atoms with Gasteiger partial charge in [0.25, 0.3) is 5.69 Å². The Hall–Kier alpha value is -2.64. The van der Waals surface area contributed by atoms with Crippen LogP contribution in [0.2, 0.25) is 0 Å². The number of nitrogens with one attached hydrogen (secondary N) is 1. The first-order valence-corrected chi connectivity index (χ1v) is 6.35. The molecular weight excluding hydrogens is 280 g/mol. The molecule has 8 heteroatoms. The minimum Gasteiger partial charge on any atom is -0.481 e. The Morgan fingerprint density at radius 2 is 1.90 bits per heavy atom. The van der Waals surface area contributed by atoms with Gasteiger partial charge >= 0.3 is 12.1 Å². The molecule has 8 nitrogen and oxygen atoms in total. The van der Waals surface area contributed by atoms with Gasteiger partial charge in [0.05, 0.1) is 4.92 Å². The Morgan fingerprint density at radius 1 is 1.24 bits per heavy atom. The highest BCUT2D eigenvalue weighted by Crippen LogP contribution is 2.12. The van der Waals surface area contributed by atoms with E-state index in [4.69, 9.17) is 9.84 Å². The van der Waals surface area contributed by atoms with Crippen LogP contribution in [0.3, 0.4) is 0 Å². The monoisotopic (exact) mass is 296 g/mol. The number of carboxylic acid groups (broad SMARTS) is 1. The molecule has 1 aromatic carbocycles. The minimum atomic E-state index is -0.865. The lowest BCUT2D eigenvalue weighted by molar-refractivity contribution is -0.384. The van der Waals surface area contributed by atoms with E-state index in [0.29, 0.717) is 24.9 Å². The van der Waals surface area contributed by atoms with E-state index < -0.39 is 17.0 Å². The van der Waals surface area contributed by atoms with Gasteiger partial charge in [0.1, 0.15) is 6.61 Å². The van der Waals surface area contributed by atoms with E-state index in [1.165, 1.54) is 24.3 Å². The van der Waals surface area contributed by atoms with Crippen LogP contribution in [0.4, 0.5) is 10.5 Å². The summed E-state index contributed by atoms with van der Waals surface area (Å²) in [5.41, 5.74) is 0.614. The number of hydrogen-bond acceptors (Lipinski definition) is 5. The number of alkyl carbamates (subject to hydrolysis) is 1. The fourth-order valence-corrected chi connectivity index (χ4v) is 1.51. The van der Waals surface area contributed by atoms with Gasteiger partial charge in [-0.3, -0.25) is 14.9 Å². The van der Waals surface area contributed by atoms with Crippen LogP contribution >= 0.6 is 0 Å². The Kier molecular flexibility index (Phi) is 6.66.